The summed E-state index contributed by atoms with van der Waals surface area (Å²) in [6.45, 7) is 3.26. The predicted molar refractivity (Wildman–Crippen MR) is 117 cm³/mol. The van der Waals surface area contributed by atoms with Crippen molar-refractivity contribution in [2.75, 3.05) is 13.1 Å². The van der Waals surface area contributed by atoms with Crippen molar-refractivity contribution in [2.45, 2.75) is 25.7 Å². The molecule has 9 heteroatoms. The number of tetrazole rings is 1. The van der Waals surface area contributed by atoms with Gasteiger partial charge in [-0.05, 0) is 72.2 Å². The fourth-order valence-electron chi connectivity index (χ4n) is 4.16. The van der Waals surface area contributed by atoms with Gasteiger partial charge in [0, 0.05) is 48.7 Å². The summed E-state index contributed by atoms with van der Waals surface area (Å²) in [5.41, 5.74) is 4.49. The molecule has 0 saturated carbocycles. The molecule has 0 spiro atoms. The zero-order valence-corrected chi connectivity index (χ0v) is 17.7. The van der Waals surface area contributed by atoms with E-state index in [0.717, 1.165) is 47.7 Å². The monoisotopic (exact) mass is 426 g/mol. The van der Waals surface area contributed by atoms with Crippen LogP contribution in [0.25, 0.3) is 16.8 Å². The summed E-state index contributed by atoms with van der Waals surface area (Å²) in [5.74, 6) is 0.909. The zero-order valence-electron chi connectivity index (χ0n) is 17.7. The van der Waals surface area contributed by atoms with Crippen molar-refractivity contribution in [3.05, 3.63) is 78.4 Å². The van der Waals surface area contributed by atoms with Crippen molar-refractivity contribution < 1.29 is 4.79 Å². The highest BCUT2D eigenvalue weighted by atomic mass is 16.2. The summed E-state index contributed by atoms with van der Waals surface area (Å²) in [5, 5.41) is 11.2. The summed E-state index contributed by atoms with van der Waals surface area (Å²) >= 11 is 0. The first-order valence-electron chi connectivity index (χ1n) is 10.6. The minimum Gasteiger partial charge on any atom is -0.338 e. The van der Waals surface area contributed by atoms with E-state index in [9.17, 15) is 4.79 Å². The molecule has 1 saturated heterocycles. The minimum absolute atomic E-state index is 0.0224. The van der Waals surface area contributed by atoms with E-state index in [1.807, 2.05) is 54.4 Å². The molecule has 32 heavy (non-hydrogen) atoms. The Kier molecular flexibility index (Phi) is 5.37. The quantitative estimate of drug-likeness (QED) is 0.494. The van der Waals surface area contributed by atoms with Gasteiger partial charge in [0.25, 0.3) is 5.91 Å². The second-order valence-electron chi connectivity index (χ2n) is 7.84. The number of pyridine rings is 1. The van der Waals surface area contributed by atoms with E-state index in [1.165, 1.54) is 6.33 Å². The molecule has 0 N–H and O–H groups in total. The van der Waals surface area contributed by atoms with Crippen LogP contribution in [0.15, 0.2) is 61.3 Å². The summed E-state index contributed by atoms with van der Waals surface area (Å²) < 4.78 is 1.56. The molecule has 0 aliphatic carbocycles. The molecule has 3 aromatic heterocycles. The third kappa shape index (κ3) is 3.96. The van der Waals surface area contributed by atoms with Gasteiger partial charge in [0.05, 0.1) is 11.4 Å². The molecular formula is C23H22N8O. The highest BCUT2D eigenvalue weighted by molar-refractivity contribution is 5.94. The fourth-order valence-corrected chi connectivity index (χ4v) is 4.16. The number of rotatable bonds is 4. The number of benzene rings is 1. The molecule has 1 aliphatic rings. The topological polar surface area (TPSA) is 103 Å². The predicted octanol–water partition coefficient (Wildman–Crippen LogP) is 2.84. The molecule has 1 aliphatic heterocycles. The number of piperidine rings is 1. The Balaban J connectivity index is 1.38. The molecule has 0 radical (unpaired) electrons. The SMILES string of the molecule is Cc1ncc(-c2ccncc2)c([C@@H]2CCCN(C(=O)c3ccc(-n4cnnn4)cc3)C2)n1. The Bertz CT molecular complexity index is 1210. The molecule has 160 valence electrons. The van der Waals surface area contributed by atoms with E-state index in [2.05, 4.69) is 25.5 Å². The average Bonchev–Trinajstić information content (AvgIpc) is 3.39. The smallest absolute Gasteiger partial charge is 0.253 e. The van der Waals surface area contributed by atoms with Crippen LogP contribution in [0.1, 0.15) is 40.6 Å². The Hall–Kier alpha value is -4.01. The van der Waals surface area contributed by atoms with E-state index < -0.39 is 0 Å². The lowest BCUT2D eigenvalue weighted by Gasteiger charge is -2.33. The van der Waals surface area contributed by atoms with E-state index in [1.54, 1.807) is 17.1 Å². The number of amides is 1. The summed E-state index contributed by atoms with van der Waals surface area (Å²) in [6.07, 6.45) is 8.86. The second kappa shape index (κ2) is 8.62. The van der Waals surface area contributed by atoms with Gasteiger partial charge < -0.3 is 4.90 Å². The zero-order chi connectivity index (χ0) is 21.9. The van der Waals surface area contributed by atoms with Crippen molar-refractivity contribution in [1.29, 1.82) is 0 Å². The molecule has 4 aromatic rings. The van der Waals surface area contributed by atoms with Crippen LogP contribution in [-0.2, 0) is 0 Å². The normalized spacial score (nSPS) is 16.2. The second-order valence-corrected chi connectivity index (χ2v) is 7.84. The van der Waals surface area contributed by atoms with E-state index in [4.69, 9.17) is 4.98 Å². The third-order valence-corrected chi connectivity index (χ3v) is 5.75. The lowest BCUT2D eigenvalue weighted by molar-refractivity contribution is 0.0706. The maximum atomic E-state index is 13.2. The highest BCUT2D eigenvalue weighted by Crippen LogP contribution is 2.33. The van der Waals surface area contributed by atoms with Gasteiger partial charge in [-0.3, -0.25) is 9.78 Å². The average molecular weight is 426 g/mol. The number of aryl methyl sites for hydroxylation is 1. The number of likely N-dealkylation sites (tertiary alicyclic amines) is 1. The largest absolute Gasteiger partial charge is 0.338 e. The summed E-state index contributed by atoms with van der Waals surface area (Å²) in [6, 6.07) is 11.3. The Labute approximate surface area is 185 Å². The number of carbonyl (C=O) groups excluding carboxylic acids is 1. The van der Waals surface area contributed by atoms with Gasteiger partial charge in [-0.1, -0.05) is 0 Å². The van der Waals surface area contributed by atoms with Gasteiger partial charge in [0.2, 0.25) is 0 Å². The molecular weight excluding hydrogens is 404 g/mol. The van der Waals surface area contributed by atoms with Crippen LogP contribution in [-0.4, -0.2) is 59.1 Å². The molecule has 1 amide bonds. The lowest BCUT2D eigenvalue weighted by atomic mass is 9.89. The third-order valence-electron chi connectivity index (χ3n) is 5.75. The van der Waals surface area contributed by atoms with Gasteiger partial charge in [-0.2, -0.15) is 0 Å². The van der Waals surface area contributed by atoms with Crippen LogP contribution < -0.4 is 0 Å². The molecule has 4 heterocycles. The molecule has 9 nitrogen and oxygen atoms in total. The van der Waals surface area contributed by atoms with Crippen molar-refractivity contribution in [3.63, 3.8) is 0 Å². The first-order chi connectivity index (χ1) is 15.7. The number of nitrogens with zero attached hydrogens (tertiary/aromatic N) is 8. The Morgan fingerprint density at radius 2 is 1.91 bits per heavy atom. The summed E-state index contributed by atoms with van der Waals surface area (Å²) in [4.78, 5) is 28.5. The Morgan fingerprint density at radius 1 is 1.09 bits per heavy atom. The van der Waals surface area contributed by atoms with Crippen molar-refractivity contribution >= 4 is 5.91 Å². The molecule has 1 atom stereocenters. The van der Waals surface area contributed by atoms with Gasteiger partial charge >= 0.3 is 0 Å². The highest BCUT2D eigenvalue weighted by Gasteiger charge is 2.28. The lowest BCUT2D eigenvalue weighted by Crippen LogP contribution is -2.39. The van der Waals surface area contributed by atoms with Gasteiger partial charge in [-0.25, -0.2) is 14.6 Å². The minimum atomic E-state index is 0.0224. The van der Waals surface area contributed by atoms with Crippen molar-refractivity contribution in [3.8, 4) is 16.8 Å². The molecule has 0 bridgehead atoms. The maximum Gasteiger partial charge on any atom is 0.253 e. The van der Waals surface area contributed by atoms with Gasteiger partial charge in [0.15, 0.2) is 0 Å². The number of hydrogen-bond acceptors (Lipinski definition) is 7. The molecule has 5 rings (SSSR count). The maximum absolute atomic E-state index is 13.2. The number of hydrogen-bond donors (Lipinski definition) is 0. The van der Waals surface area contributed by atoms with Crippen LogP contribution in [0.5, 0.6) is 0 Å². The van der Waals surface area contributed by atoms with E-state index in [0.29, 0.717) is 12.1 Å². The van der Waals surface area contributed by atoms with Gasteiger partial charge in [-0.15, -0.1) is 5.10 Å². The number of carbonyl (C=O) groups is 1. The van der Waals surface area contributed by atoms with Crippen LogP contribution in [0.2, 0.25) is 0 Å². The Morgan fingerprint density at radius 3 is 2.66 bits per heavy atom. The van der Waals surface area contributed by atoms with Crippen LogP contribution in [0.4, 0.5) is 0 Å². The van der Waals surface area contributed by atoms with E-state index in [-0.39, 0.29) is 11.8 Å². The van der Waals surface area contributed by atoms with Crippen LogP contribution in [0, 0.1) is 6.92 Å². The standard InChI is InChI=1S/C23H22N8O/c1-16-25-13-21(17-8-10-24-11-9-17)22(27-16)19-3-2-12-30(14-19)23(32)18-4-6-20(7-5-18)31-15-26-28-29-31/h4-11,13,15,19H,2-3,12,14H2,1H3/t19-/m1/s1. The van der Waals surface area contributed by atoms with Crippen molar-refractivity contribution in [1.82, 2.24) is 40.1 Å². The number of aromatic nitrogens is 7. The van der Waals surface area contributed by atoms with Crippen LogP contribution >= 0.6 is 0 Å². The summed E-state index contributed by atoms with van der Waals surface area (Å²) in [7, 11) is 0. The first-order valence-corrected chi connectivity index (χ1v) is 10.6. The van der Waals surface area contributed by atoms with E-state index >= 15 is 0 Å². The van der Waals surface area contributed by atoms with Gasteiger partial charge in [0.1, 0.15) is 12.2 Å². The first kappa shape index (κ1) is 19.9. The fraction of sp³-hybridized carbons (Fsp3) is 0.261. The molecule has 1 fully saturated rings. The molecule has 1 aromatic carbocycles. The molecule has 0 unspecified atom stereocenters. The van der Waals surface area contributed by atoms with Crippen LogP contribution in [0.3, 0.4) is 0 Å². The van der Waals surface area contributed by atoms with Crippen molar-refractivity contribution in [2.24, 2.45) is 0 Å².